The third-order valence-corrected chi connectivity index (χ3v) is 7.63. The van der Waals surface area contributed by atoms with E-state index in [1.807, 2.05) is 0 Å². The van der Waals surface area contributed by atoms with Gasteiger partial charge in [0, 0.05) is 25.0 Å². The molecule has 1 unspecified atom stereocenters. The number of aliphatic hydroxyl groups excluding tert-OH is 7. The van der Waals surface area contributed by atoms with E-state index < -0.39 is 98.4 Å². The summed E-state index contributed by atoms with van der Waals surface area (Å²) in [5, 5.41) is 74.8. The van der Waals surface area contributed by atoms with Crippen molar-refractivity contribution < 1.29 is 59.5 Å². The zero-order chi connectivity index (χ0) is 29.0. The Kier molecular flexibility index (Phi) is 12.1. The Morgan fingerprint density at radius 1 is 0.821 bits per heavy atom. The normalized spacial score (nSPS) is 47.1. The van der Waals surface area contributed by atoms with Crippen LogP contribution < -0.4 is 22.5 Å². The monoisotopic (exact) mass is 586 g/mol. The number of nitrogens with two attached hydrogens (primary N) is 3. The molecule has 14 N–H and O–H groups in total. The largest absolute Gasteiger partial charge is 0.394 e. The van der Waals surface area contributed by atoms with Gasteiger partial charge in [-0.1, -0.05) is 0 Å². The first kappa shape index (κ1) is 32.8. The summed E-state index contributed by atoms with van der Waals surface area (Å²) in [6, 6.07) is -2.98. The zero-order valence-corrected chi connectivity index (χ0v) is 22.1. The van der Waals surface area contributed by atoms with Gasteiger partial charge in [-0.25, -0.2) is 0 Å². The van der Waals surface area contributed by atoms with Crippen molar-refractivity contribution >= 4 is 18.5 Å². The molecule has 0 radical (unpaired) electrons. The molecule has 2 aliphatic heterocycles. The topological polar surface area (TPSA) is 286 Å². The number of hydrogen-bond acceptors (Lipinski definition) is 16. The minimum Gasteiger partial charge on any atom is -0.394 e. The highest BCUT2D eigenvalue weighted by atomic mass is 32.1. The van der Waals surface area contributed by atoms with Gasteiger partial charge >= 0.3 is 0 Å². The third kappa shape index (κ3) is 7.56. The van der Waals surface area contributed by atoms with Crippen molar-refractivity contribution in [1.82, 2.24) is 5.32 Å². The second-order valence-corrected chi connectivity index (χ2v) is 10.6. The molecule has 1 saturated carbocycles. The number of ether oxygens (including phenoxy) is 4. The van der Waals surface area contributed by atoms with Crippen LogP contribution in [0.25, 0.3) is 0 Å². The SMILES string of the molecule is N[C@H]1[C@H](O)[C@@H](CO)OC(O[C@@H]2[C@@H](O)[C@H](O[C@H]3O[C@H](CNC(=O)CCCS)[C@@H](O)[C@H](O)[C@H]3O)[C@@H](N)C[C@H]2N)[C@@H]1O. The fourth-order valence-electron chi connectivity index (χ4n) is 4.92. The predicted octanol–water partition coefficient (Wildman–Crippen LogP) is -6.42. The van der Waals surface area contributed by atoms with Crippen molar-refractivity contribution in [2.75, 3.05) is 18.9 Å². The number of thiol groups is 1. The van der Waals surface area contributed by atoms with Crippen LogP contribution in [0.5, 0.6) is 0 Å². The van der Waals surface area contributed by atoms with Gasteiger partial charge in [0.05, 0.1) is 12.6 Å². The van der Waals surface area contributed by atoms with Gasteiger partial charge in [-0.3, -0.25) is 4.79 Å². The number of nitrogens with one attached hydrogen (secondary N) is 1. The molecule has 0 aromatic carbocycles. The van der Waals surface area contributed by atoms with Crippen LogP contribution in [-0.4, -0.2) is 152 Å². The van der Waals surface area contributed by atoms with Gasteiger partial charge in [0.2, 0.25) is 5.91 Å². The lowest BCUT2D eigenvalue weighted by Gasteiger charge is -2.48. The number of rotatable bonds is 10. The van der Waals surface area contributed by atoms with Crippen molar-refractivity contribution in [3.63, 3.8) is 0 Å². The second kappa shape index (κ2) is 14.4. The first-order valence-electron chi connectivity index (χ1n) is 12.9. The fraction of sp³-hybridized carbons (Fsp3) is 0.955. The summed E-state index contributed by atoms with van der Waals surface area (Å²) in [5.41, 5.74) is 18.1. The predicted molar refractivity (Wildman–Crippen MR) is 135 cm³/mol. The first-order valence-corrected chi connectivity index (χ1v) is 13.5. The molecule has 2 heterocycles. The van der Waals surface area contributed by atoms with E-state index in [2.05, 4.69) is 17.9 Å². The Balaban J connectivity index is 1.68. The minimum atomic E-state index is -1.74. The van der Waals surface area contributed by atoms with Crippen LogP contribution >= 0.6 is 12.6 Å². The summed E-state index contributed by atoms with van der Waals surface area (Å²) < 4.78 is 22.6. The lowest BCUT2D eigenvalue weighted by Crippen LogP contribution is -2.68. The smallest absolute Gasteiger partial charge is 0.220 e. The summed E-state index contributed by atoms with van der Waals surface area (Å²) in [6.45, 7) is -0.805. The molecule has 17 heteroatoms. The Hall–Kier alpha value is -0.740. The standard InChI is InChI=1S/C22H42N4O12S/c23-7-4-8(24)20(18(34)19(7)37-21-15(31)12(25)13(29)10(6-27)36-21)38-22-17(33)16(32)14(30)9(35-22)5-26-11(28)2-1-3-39/h7-10,12-22,27,29-34,39H,1-6,23-25H2,(H,26,28)/t7-,8+,9-,10-,12+,13-,14-,15-,16+,17-,18-,19+,20-,21?,22-/m1/s1. The zero-order valence-electron chi connectivity index (χ0n) is 21.3. The lowest BCUT2D eigenvalue weighted by molar-refractivity contribution is -0.332. The van der Waals surface area contributed by atoms with E-state index >= 15 is 0 Å². The Labute approximate surface area is 230 Å². The maximum absolute atomic E-state index is 11.9. The van der Waals surface area contributed by atoms with Crippen LogP contribution in [0.15, 0.2) is 0 Å². The number of hydrogen-bond donors (Lipinski definition) is 12. The first-order chi connectivity index (χ1) is 18.4. The van der Waals surface area contributed by atoms with Gasteiger partial charge in [-0.15, -0.1) is 0 Å². The molecule has 3 fully saturated rings. The van der Waals surface area contributed by atoms with E-state index in [1.165, 1.54) is 0 Å². The van der Waals surface area contributed by atoms with Crippen molar-refractivity contribution in [3.05, 3.63) is 0 Å². The second-order valence-electron chi connectivity index (χ2n) is 10.2. The highest BCUT2D eigenvalue weighted by Crippen LogP contribution is 2.31. The van der Waals surface area contributed by atoms with E-state index in [1.54, 1.807) is 0 Å². The summed E-state index contributed by atoms with van der Waals surface area (Å²) in [7, 11) is 0. The highest BCUT2D eigenvalue weighted by molar-refractivity contribution is 7.80. The van der Waals surface area contributed by atoms with E-state index in [9.17, 15) is 40.5 Å². The van der Waals surface area contributed by atoms with Crippen LogP contribution in [0.2, 0.25) is 0 Å². The van der Waals surface area contributed by atoms with E-state index in [0.717, 1.165) is 0 Å². The number of carbonyl (C=O) groups excluding carboxylic acids is 1. The fourth-order valence-corrected chi connectivity index (χ4v) is 5.07. The molecule has 0 spiro atoms. The molecule has 3 rings (SSSR count). The molecule has 39 heavy (non-hydrogen) atoms. The Bertz CT molecular complexity index is 789. The van der Waals surface area contributed by atoms with Crippen molar-refractivity contribution in [2.45, 2.75) is 111 Å². The number of aliphatic hydroxyl groups is 7. The summed E-state index contributed by atoms with van der Waals surface area (Å²) in [5.74, 6) is 0.192. The molecule has 16 nitrogen and oxygen atoms in total. The molecule has 15 atom stereocenters. The maximum Gasteiger partial charge on any atom is 0.220 e. The van der Waals surface area contributed by atoms with Gasteiger partial charge < -0.3 is 77.2 Å². The van der Waals surface area contributed by atoms with E-state index in [-0.39, 0.29) is 25.3 Å². The molecule has 0 bridgehead atoms. The van der Waals surface area contributed by atoms with Gasteiger partial charge in [-0.2, -0.15) is 12.6 Å². The number of amides is 1. The quantitative estimate of drug-likeness (QED) is 0.106. The Morgan fingerprint density at radius 2 is 1.38 bits per heavy atom. The molecule has 1 amide bonds. The van der Waals surface area contributed by atoms with Crippen LogP contribution in [0.4, 0.5) is 0 Å². The molecular formula is C22H42N4O12S. The van der Waals surface area contributed by atoms with Crippen LogP contribution in [0, 0.1) is 0 Å². The molecule has 1 aliphatic carbocycles. The molecule has 2 saturated heterocycles. The van der Waals surface area contributed by atoms with Gasteiger partial charge in [0.15, 0.2) is 12.6 Å². The van der Waals surface area contributed by atoms with Crippen LogP contribution in [0.3, 0.4) is 0 Å². The van der Waals surface area contributed by atoms with Gasteiger partial charge in [0.25, 0.3) is 0 Å². The molecular weight excluding hydrogens is 544 g/mol. The highest BCUT2D eigenvalue weighted by Gasteiger charge is 2.51. The van der Waals surface area contributed by atoms with Crippen molar-refractivity contribution in [2.24, 2.45) is 17.2 Å². The summed E-state index contributed by atoms with van der Waals surface area (Å²) in [6.07, 6.45) is -16.5. The van der Waals surface area contributed by atoms with Crippen molar-refractivity contribution in [3.8, 4) is 0 Å². The average molecular weight is 587 g/mol. The minimum absolute atomic E-state index is 0.0476. The molecule has 0 aromatic heterocycles. The number of carbonyl (C=O) groups is 1. The van der Waals surface area contributed by atoms with Crippen LogP contribution in [0.1, 0.15) is 19.3 Å². The summed E-state index contributed by atoms with van der Waals surface area (Å²) >= 11 is 4.04. The Morgan fingerprint density at radius 3 is 1.95 bits per heavy atom. The van der Waals surface area contributed by atoms with Crippen LogP contribution in [-0.2, 0) is 23.7 Å². The summed E-state index contributed by atoms with van der Waals surface area (Å²) in [4.78, 5) is 11.9. The average Bonchev–Trinajstić information content (AvgIpc) is 2.91. The van der Waals surface area contributed by atoms with Crippen molar-refractivity contribution in [1.29, 1.82) is 0 Å². The van der Waals surface area contributed by atoms with Gasteiger partial charge in [0.1, 0.15) is 61.0 Å². The van der Waals surface area contributed by atoms with Gasteiger partial charge in [-0.05, 0) is 18.6 Å². The lowest BCUT2D eigenvalue weighted by atomic mass is 9.84. The molecule has 228 valence electrons. The third-order valence-electron chi connectivity index (χ3n) is 7.31. The molecule has 3 aliphatic rings. The maximum atomic E-state index is 11.9. The van der Waals surface area contributed by atoms with E-state index in [0.29, 0.717) is 12.2 Å². The molecule has 0 aromatic rings. The van der Waals surface area contributed by atoms with E-state index in [4.69, 9.17) is 36.1 Å².